The summed E-state index contributed by atoms with van der Waals surface area (Å²) >= 11 is 0. The topological polar surface area (TPSA) is 32.8 Å². The van der Waals surface area contributed by atoms with Crippen molar-refractivity contribution in [3.63, 3.8) is 0 Å². The molecule has 0 aromatic carbocycles. The summed E-state index contributed by atoms with van der Waals surface area (Å²) in [7, 11) is 0. The van der Waals surface area contributed by atoms with E-state index in [-0.39, 0.29) is 6.10 Å². The second-order valence-corrected chi connectivity index (χ2v) is 12.7. The minimum Gasteiger partial charge on any atom is -0.393 e. The Kier molecular flexibility index (Phi) is 5.84. The molecule has 0 radical (unpaired) electrons. The van der Waals surface area contributed by atoms with E-state index in [4.69, 9.17) is 4.74 Å². The minimum absolute atomic E-state index is 0.0348. The fourth-order valence-electron chi connectivity index (χ4n) is 10.3. The molecule has 6 fully saturated rings. The molecule has 2 nitrogen and oxygen atoms in total. The predicted octanol–water partition coefficient (Wildman–Crippen LogP) is 6.85. The number of fused-ring (bicyclic) bond motifs is 7. The second kappa shape index (κ2) is 8.05. The van der Waals surface area contributed by atoms with Crippen LogP contribution < -0.4 is 0 Å². The summed E-state index contributed by atoms with van der Waals surface area (Å²) in [6.45, 7) is 10.6. The number of aliphatic hydroxyl groups excluding tert-OH is 1. The van der Waals surface area contributed by atoms with Crippen molar-refractivity contribution in [3.8, 4) is 0 Å². The van der Waals surface area contributed by atoms with Gasteiger partial charge >= 0.3 is 0 Å². The second-order valence-electron chi connectivity index (χ2n) is 12.7. The van der Waals surface area contributed by atoms with Gasteiger partial charge in [0.05, 0.1) is 18.8 Å². The van der Waals surface area contributed by atoms with Crippen LogP contribution in [-0.2, 0) is 4.74 Å². The molecule has 11 unspecified atom stereocenters. The molecule has 0 aromatic heterocycles. The molecule has 6 aliphatic rings. The Morgan fingerprint density at radius 1 is 0.867 bits per heavy atom. The number of hydrogen-bond donors (Lipinski definition) is 1. The lowest BCUT2D eigenvalue weighted by Gasteiger charge is -2.68. The molecule has 0 spiro atoms. The molecule has 0 amide bonds. The van der Waals surface area contributed by atoms with Crippen molar-refractivity contribution >= 4 is 0 Å². The highest BCUT2D eigenvalue weighted by molar-refractivity contribution is 5.12. The van der Waals surface area contributed by atoms with E-state index in [2.05, 4.69) is 27.7 Å². The Hall–Kier alpha value is -0.0800. The van der Waals surface area contributed by atoms with Gasteiger partial charge in [-0.15, -0.1) is 0 Å². The van der Waals surface area contributed by atoms with Crippen molar-refractivity contribution in [2.24, 2.45) is 52.3 Å². The summed E-state index contributed by atoms with van der Waals surface area (Å²) in [5, 5.41) is 10.5. The molecule has 11 atom stereocenters. The first kappa shape index (κ1) is 21.7. The molecule has 172 valence electrons. The average Bonchev–Trinajstić information content (AvgIpc) is 3.38. The highest BCUT2D eigenvalue weighted by atomic mass is 16.6. The Morgan fingerprint density at radius 3 is 2.33 bits per heavy atom. The van der Waals surface area contributed by atoms with Gasteiger partial charge in [-0.3, -0.25) is 0 Å². The maximum Gasteiger partial charge on any atom is 0.0781 e. The van der Waals surface area contributed by atoms with Crippen LogP contribution in [0, 0.1) is 52.3 Å². The first-order valence-electron chi connectivity index (χ1n) is 13.7. The van der Waals surface area contributed by atoms with Gasteiger partial charge in [-0.1, -0.05) is 33.6 Å². The van der Waals surface area contributed by atoms with Crippen molar-refractivity contribution < 1.29 is 9.84 Å². The molecule has 5 saturated carbocycles. The molecule has 1 N–H and O–H groups in total. The fraction of sp³-hybridized carbons (Fsp3) is 1.00. The average molecular weight is 417 g/mol. The summed E-state index contributed by atoms with van der Waals surface area (Å²) in [5.74, 6) is 6.52. The maximum absolute atomic E-state index is 10.5. The van der Waals surface area contributed by atoms with Gasteiger partial charge in [0, 0.05) is 0 Å². The fourth-order valence-corrected chi connectivity index (χ4v) is 10.3. The predicted molar refractivity (Wildman–Crippen MR) is 123 cm³/mol. The zero-order valence-electron chi connectivity index (χ0n) is 20.2. The van der Waals surface area contributed by atoms with Crippen LogP contribution in [-0.4, -0.2) is 23.9 Å². The van der Waals surface area contributed by atoms with E-state index in [9.17, 15) is 5.11 Å². The lowest BCUT2D eigenvalue weighted by Crippen LogP contribution is -2.61. The van der Waals surface area contributed by atoms with Gasteiger partial charge < -0.3 is 9.84 Å². The quantitative estimate of drug-likeness (QED) is 0.474. The van der Waals surface area contributed by atoms with E-state index in [1.54, 1.807) is 25.7 Å². The number of ether oxygens (including phenoxy) is 1. The van der Waals surface area contributed by atoms with Crippen LogP contribution in [0.1, 0.15) is 105 Å². The maximum atomic E-state index is 10.5. The van der Waals surface area contributed by atoms with Crippen molar-refractivity contribution in [1.82, 2.24) is 0 Å². The van der Waals surface area contributed by atoms with Crippen molar-refractivity contribution in [2.75, 3.05) is 6.61 Å². The molecule has 0 aromatic rings. The summed E-state index contributed by atoms with van der Waals surface area (Å²) in [6, 6.07) is 0. The van der Waals surface area contributed by atoms with E-state index in [1.165, 1.54) is 44.9 Å². The molecule has 1 heterocycles. The molecule has 6 rings (SSSR count). The van der Waals surface area contributed by atoms with Crippen LogP contribution in [0.25, 0.3) is 0 Å². The third-order valence-corrected chi connectivity index (χ3v) is 11.8. The molecule has 5 aliphatic carbocycles. The Bertz CT molecular complexity index is 614. The zero-order chi connectivity index (χ0) is 21.1. The largest absolute Gasteiger partial charge is 0.393 e. The third kappa shape index (κ3) is 3.33. The first-order valence-corrected chi connectivity index (χ1v) is 13.7. The van der Waals surface area contributed by atoms with Crippen molar-refractivity contribution in [2.45, 2.75) is 117 Å². The highest BCUT2D eigenvalue weighted by Gasteiger charge is 2.63. The van der Waals surface area contributed by atoms with Crippen LogP contribution in [0.2, 0.25) is 0 Å². The Balaban J connectivity index is 0.000000434. The summed E-state index contributed by atoms with van der Waals surface area (Å²) in [5.41, 5.74) is 1.15. The van der Waals surface area contributed by atoms with Crippen molar-refractivity contribution in [1.29, 1.82) is 0 Å². The number of aliphatic hydroxyl groups is 1. The zero-order valence-corrected chi connectivity index (χ0v) is 20.2. The summed E-state index contributed by atoms with van der Waals surface area (Å²) < 4.78 is 4.71. The minimum atomic E-state index is -0.0348. The SMILES string of the molecule is CC1CO1.CCC12CCC3C(C)C(O)CCC3(C)C1CCC1C3CCCC3CCC12. The molecular formula is C28H48O2. The lowest BCUT2D eigenvalue weighted by atomic mass is 9.37. The van der Waals surface area contributed by atoms with Gasteiger partial charge in [0.15, 0.2) is 0 Å². The summed E-state index contributed by atoms with van der Waals surface area (Å²) in [6.07, 6.45) is 18.0. The first-order chi connectivity index (χ1) is 14.4. The van der Waals surface area contributed by atoms with Crippen LogP contribution in [0.4, 0.5) is 0 Å². The smallest absolute Gasteiger partial charge is 0.0781 e. The van der Waals surface area contributed by atoms with Crippen LogP contribution in [0.15, 0.2) is 0 Å². The molecule has 0 bridgehead atoms. The van der Waals surface area contributed by atoms with Gasteiger partial charge in [0.2, 0.25) is 0 Å². The van der Waals surface area contributed by atoms with Crippen LogP contribution >= 0.6 is 0 Å². The number of epoxide rings is 1. The van der Waals surface area contributed by atoms with Crippen LogP contribution in [0.5, 0.6) is 0 Å². The highest BCUT2D eigenvalue weighted by Crippen LogP contribution is 2.71. The Morgan fingerprint density at radius 2 is 1.63 bits per heavy atom. The van der Waals surface area contributed by atoms with Crippen LogP contribution in [0.3, 0.4) is 0 Å². The van der Waals surface area contributed by atoms with E-state index >= 15 is 0 Å². The monoisotopic (exact) mass is 416 g/mol. The standard InChI is InChI=1S/C25H42O.C3H6O/c1-4-25-15-12-20-16(2)22(26)13-14-24(20,3)23(25)11-9-19-18-7-5-6-17(18)8-10-21(19)25;1-3-2-4-3/h16-23,26H,4-15H2,1-3H3;3H,2H2,1H3. The molecule has 1 saturated heterocycles. The molecule has 30 heavy (non-hydrogen) atoms. The Labute approximate surface area is 185 Å². The number of hydrogen-bond acceptors (Lipinski definition) is 2. The van der Waals surface area contributed by atoms with Gasteiger partial charge in [-0.05, 0) is 123 Å². The van der Waals surface area contributed by atoms with E-state index in [0.29, 0.717) is 22.9 Å². The normalized spacial score (nSPS) is 56.5. The van der Waals surface area contributed by atoms with E-state index < -0.39 is 0 Å². The van der Waals surface area contributed by atoms with Gasteiger partial charge in [0.1, 0.15) is 0 Å². The van der Waals surface area contributed by atoms with Gasteiger partial charge in [-0.2, -0.15) is 0 Å². The molecule has 2 heteroatoms. The van der Waals surface area contributed by atoms with E-state index in [0.717, 1.165) is 48.5 Å². The lowest BCUT2D eigenvalue weighted by molar-refractivity contribution is -0.196. The van der Waals surface area contributed by atoms with Gasteiger partial charge in [0.25, 0.3) is 0 Å². The number of rotatable bonds is 1. The van der Waals surface area contributed by atoms with E-state index in [1.807, 2.05) is 0 Å². The van der Waals surface area contributed by atoms with Crippen molar-refractivity contribution in [3.05, 3.63) is 0 Å². The molecular weight excluding hydrogens is 368 g/mol. The third-order valence-electron chi connectivity index (χ3n) is 11.8. The van der Waals surface area contributed by atoms with Gasteiger partial charge in [-0.25, -0.2) is 0 Å². The molecule has 1 aliphatic heterocycles. The summed E-state index contributed by atoms with van der Waals surface area (Å²) in [4.78, 5) is 0.